The van der Waals surface area contributed by atoms with Crippen molar-refractivity contribution < 1.29 is 9.21 Å². The highest BCUT2D eigenvalue weighted by molar-refractivity contribution is 9.09. The molecule has 0 atom stereocenters. The van der Waals surface area contributed by atoms with E-state index in [0.717, 1.165) is 17.4 Å². The van der Waals surface area contributed by atoms with E-state index in [0.29, 0.717) is 16.2 Å². The highest BCUT2D eigenvalue weighted by Crippen LogP contribution is 2.23. The Hall–Kier alpha value is -0.810. The summed E-state index contributed by atoms with van der Waals surface area (Å²) in [5.41, 5.74) is 1.03. The molecule has 2 aromatic rings. The second kappa shape index (κ2) is 6.09. The third kappa shape index (κ3) is 2.87. The first-order valence-electron chi connectivity index (χ1n) is 6.06. The van der Waals surface area contributed by atoms with Crippen LogP contribution in [-0.2, 0) is 0 Å². The molecule has 0 fully saturated rings. The minimum Gasteiger partial charge on any atom is -0.463 e. The van der Waals surface area contributed by atoms with Crippen molar-refractivity contribution in [2.45, 2.75) is 18.9 Å². The van der Waals surface area contributed by atoms with E-state index in [2.05, 4.69) is 44.1 Å². The van der Waals surface area contributed by atoms with Crippen LogP contribution in [0.4, 0.5) is 0 Å². The van der Waals surface area contributed by atoms with E-state index in [-0.39, 0.29) is 11.4 Å². The number of furan rings is 1. The zero-order chi connectivity index (χ0) is 13.9. The molecule has 0 aliphatic carbocycles. The number of benzene rings is 1. The van der Waals surface area contributed by atoms with Gasteiger partial charge in [-0.2, -0.15) is 0 Å². The molecule has 0 radical (unpaired) electrons. The van der Waals surface area contributed by atoms with Gasteiger partial charge in [-0.1, -0.05) is 57.0 Å². The van der Waals surface area contributed by atoms with Crippen molar-refractivity contribution in [3.05, 3.63) is 36.1 Å². The van der Waals surface area contributed by atoms with Crippen LogP contribution in [0.15, 0.2) is 34.9 Å². The number of nitrogens with one attached hydrogen (secondary N) is 1. The molecular weight excluding hydrogens is 374 g/mol. The van der Waals surface area contributed by atoms with Gasteiger partial charge in [0.05, 0.1) is 11.1 Å². The van der Waals surface area contributed by atoms with Crippen molar-refractivity contribution in [3.8, 4) is 0 Å². The number of carbonyl (C=O) groups excluding carboxylic acids is 1. The van der Waals surface area contributed by atoms with Crippen LogP contribution in [0.25, 0.3) is 11.0 Å². The van der Waals surface area contributed by atoms with Crippen molar-refractivity contribution >= 4 is 48.7 Å². The van der Waals surface area contributed by atoms with E-state index in [9.17, 15) is 4.79 Å². The standard InChI is InChI=1S/C14H15Br2NO2/c1-2-14(8-15,9-16)17-13(18)11-7-19-12-6-4-3-5-10(11)12/h3-7H,2,8-9H2,1H3,(H,17,18). The Bertz CT molecular complexity index is 567. The van der Waals surface area contributed by atoms with Gasteiger partial charge in [-0.25, -0.2) is 0 Å². The molecule has 0 saturated heterocycles. The lowest BCUT2D eigenvalue weighted by Crippen LogP contribution is -2.51. The summed E-state index contributed by atoms with van der Waals surface area (Å²) < 4.78 is 5.40. The van der Waals surface area contributed by atoms with Gasteiger partial charge in [0, 0.05) is 16.0 Å². The summed E-state index contributed by atoms with van der Waals surface area (Å²) in [5, 5.41) is 5.32. The highest BCUT2D eigenvalue weighted by atomic mass is 79.9. The minimum atomic E-state index is -0.282. The molecule has 0 spiro atoms. The first kappa shape index (κ1) is 14.6. The number of halogens is 2. The first-order valence-corrected chi connectivity index (χ1v) is 8.31. The van der Waals surface area contributed by atoms with Crippen LogP contribution in [0.3, 0.4) is 0 Å². The van der Waals surface area contributed by atoms with E-state index >= 15 is 0 Å². The van der Waals surface area contributed by atoms with Crippen molar-refractivity contribution in [3.63, 3.8) is 0 Å². The monoisotopic (exact) mass is 387 g/mol. The molecule has 1 aromatic heterocycles. The number of hydrogen-bond donors (Lipinski definition) is 1. The Morgan fingerprint density at radius 2 is 2.00 bits per heavy atom. The van der Waals surface area contributed by atoms with Crippen LogP contribution in [0, 0.1) is 0 Å². The molecule has 1 N–H and O–H groups in total. The van der Waals surface area contributed by atoms with Gasteiger partial charge >= 0.3 is 0 Å². The largest absolute Gasteiger partial charge is 0.463 e. The molecular formula is C14H15Br2NO2. The lowest BCUT2D eigenvalue weighted by Gasteiger charge is -2.29. The third-order valence-electron chi connectivity index (χ3n) is 3.29. The summed E-state index contributed by atoms with van der Waals surface area (Å²) in [4.78, 5) is 12.4. The first-order chi connectivity index (χ1) is 9.15. The van der Waals surface area contributed by atoms with Gasteiger partial charge in [0.15, 0.2) is 0 Å². The summed E-state index contributed by atoms with van der Waals surface area (Å²) in [7, 11) is 0. The average Bonchev–Trinajstić information content (AvgIpc) is 2.89. The molecule has 0 saturated carbocycles. The molecule has 5 heteroatoms. The molecule has 19 heavy (non-hydrogen) atoms. The fourth-order valence-electron chi connectivity index (χ4n) is 1.84. The highest BCUT2D eigenvalue weighted by Gasteiger charge is 2.29. The predicted octanol–water partition coefficient (Wildman–Crippen LogP) is 4.10. The second-order valence-electron chi connectivity index (χ2n) is 4.50. The Morgan fingerprint density at radius 3 is 2.63 bits per heavy atom. The summed E-state index contributed by atoms with van der Waals surface area (Å²) in [5.74, 6) is -0.106. The quantitative estimate of drug-likeness (QED) is 0.783. The number of carbonyl (C=O) groups is 1. The molecule has 1 aromatic carbocycles. The average molecular weight is 389 g/mol. The van der Waals surface area contributed by atoms with Gasteiger partial charge in [0.2, 0.25) is 0 Å². The Kier molecular flexibility index (Phi) is 4.68. The molecule has 0 bridgehead atoms. The van der Waals surface area contributed by atoms with Crippen molar-refractivity contribution in [1.29, 1.82) is 0 Å². The molecule has 1 amide bonds. The lowest BCUT2D eigenvalue weighted by atomic mass is 10.0. The van der Waals surface area contributed by atoms with Gasteiger partial charge in [0.25, 0.3) is 5.91 Å². The number of amides is 1. The third-order valence-corrected chi connectivity index (χ3v) is 5.44. The molecule has 1 heterocycles. The van der Waals surface area contributed by atoms with Gasteiger partial charge in [0.1, 0.15) is 11.8 Å². The Morgan fingerprint density at radius 1 is 1.32 bits per heavy atom. The maximum Gasteiger partial charge on any atom is 0.255 e. The summed E-state index contributed by atoms with van der Waals surface area (Å²) in [6.45, 7) is 2.05. The van der Waals surface area contributed by atoms with Crippen molar-refractivity contribution in [1.82, 2.24) is 5.32 Å². The van der Waals surface area contributed by atoms with Crippen LogP contribution in [0.5, 0.6) is 0 Å². The molecule has 0 aliphatic heterocycles. The van der Waals surface area contributed by atoms with Crippen LogP contribution in [0.2, 0.25) is 0 Å². The second-order valence-corrected chi connectivity index (χ2v) is 5.62. The minimum absolute atomic E-state index is 0.106. The maximum atomic E-state index is 12.4. The Balaban J connectivity index is 2.29. The van der Waals surface area contributed by atoms with Gasteiger partial charge < -0.3 is 9.73 Å². The molecule has 0 aliphatic rings. The smallest absolute Gasteiger partial charge is 0.255 e. The van der Waals surface area contributed by atoms with Crippen molar-refractivity contribution in [2.24, 2.45) is 0 Å². The molecule has 3 nitrogen and oxygen atoms in total. The molecule has 0 unspecified atom stereocenters. The van der Waals surface area contributed by atoms with Crippen LogP contribution in [0.1, 0.15) is 23.7 Å². The fourth-order valence-corrected chi connectivity index (χ4v) is 3.84. The molecule has 2 rings (SSSR count). The molecule has 102 valence electrons. The lowest BCUT2D eigenvalue weighted by molar-refractivity contribution is 0.0916. The number of alkyl halides is 2. The van der Waals surface area contributed by atoms with Crippen molar-refractivity contribution in [2.75, 3.05) is 10.7 Å². The Labute approximate surface area is 129 Å². The van der Waals surface area contributed by atoms with E-state index < -0.39 is 0 Å². The van der Waals surface area contributed by atoms with Gasteiger partial charge in [-0.15, -0.1) is 0 Å². The van der Waals surface area contributed by atoms with Crippen LogP contribution >= 0.6 is 31.9 Å². The number of rotatable bonds is 5. The summed E-state index contributed by atoms with van der Waals surface area (Å²) in [6.07, 6.45) is 2.36. The zero-order valence-electron chi connectivity index (χ0n) is 10.6. The number of para-hydroxylation sites is 1. The number of hydrogen-bond acceptors (Lipinski definition) is 2. The van der Waals surface area contributed by atoms with Crippen LogP contribution in [-0.4, -0.2) is 22.1 Å². The van der Waals surface area contributed by atoms with E-state index in [1.807, 2.05) is 24.3 Å². The van der Waals surface area contributed by atoms with Crippen LogP contribution < -0.4 is 5.32 Å². The summed E-state index contributed by atoms with van der Waals surface area (Å²) in [6, 6.07) is 7.54. The topological polar surface area (TPSA) is 42.2 Å². The zero-order valence-corrected chi connectivity index (χ0v) is 13.8. The summed E-state index contributed by atoms with van der Waals surface area (Å²) >= 11 is 6.93. The SMILES string of the molecule is CCC(CBr)(CBr)NC(=O)c1coc2ccccc12. The van der Waals surface area contributed by atoms with E-state index in [1.54, 1.807) is 0 Å². The fraction of sp³-hybridized carbons (Fsp3) is 0.357. The van der Waals surface area contributed by atoms with E-state index in [1.165, 1.54) is 6.26 Å². The number of fused-ring (bicyclic) bond motifs is 1. The van der Waals surface area contributed by atoms with Gasteiger partial charge in [-0.05, 0) is 12.5 Å². The predicted molar refractivity (Wildman–Crippen MR) is 84.3 cm³/mol. The van der Waals surface area contributed by atoms with Gasteiger partial charge in [-0.3, -0.25) is 4.79 Å². The maximum absolute atomic E-state index is 12.4. The normalized spacial score (nSPS) is 11.7. The van der Waals surface area contributed by atoms with E-state index in [4.69, 9.17) is 4.42 Å².